The van der Waals surface area contributed by atoms with E-state index in [0.717, 1.165) is 5.56 Å². The molecule has 0 radical (unpaired) electrons. The van der Waals surface area contributed by atoms with Crippen molar-refractivity contribution >= 4 is 12.6 Å². The average molecular weight is 335 g/mol. The summed E-state index contributed by atoms with van der Waals surface area (Å²) >= 11 is 0. The smallest absolute Gasteiger partial charge is 0.408 e. The van der Waals surface area contributed by atoms with Crippen LogP contribution < -0.4 is 5.32 Å². The van der Waals surface area contributed by atoms with E-state index in [9.17, 15) is 9.59 Å². The fourth-order valence-corrected chi connectivity index (χ4v) is 2.69. The van der Waals surface area contributed by atoms with Gasteiger partial charge in [0.25, 0.3) is 6.47 Å². The van der Waals surface area contributed by atoms with Crippen molar-refractivity contribution in [3.63, 3.8) is 0 Å². The van der Waals surface area contributed by atoms with E-state index in [-0.39, 0.29) is 12.7 Å². The first-order valence-corrected chi connectivity index (χ1v) is 8.04. The van der Waals surface area contributed by atoms with Crippen molar-refractivity contribution < 1.29 is 23.8 Å². The number of amides is 1. The second kappa shape index (κ2) is 7.66. The van der Waals surface area contributed by atoms with Crippen LogP contribution in [0.2, 0.25) is 0 Å². The molecule has 1 fully saturated rings. The van der Waals surface area contributed by atoms with Gasteiger partial charge in [0.2, 0.25) is 0 Å². The van der Waals surface area contributed by atoms with Crippen molar-refractivity contribution in [1.82, 2.24) is 5.32 Å². The summed E-state index contributed by atoms with van der Waals surface area (Å²) in [7, 11) is 0. The lowest BCUT2D eigenvalue weighted by molar-refractivity contribution is -0.137. The van der Waals surface area contributed by atoms with Gasteiger partial charge in [-0.1, -0.05) is 30.3 Å². The molecule has 1 saturated carbocycles. The Bertz CT molecular complexity index is 546. The molecule has 0 heterocycles. The third-order valence-electron chi connectivity index (χ3n) is 3.76. The van der Waals surface area contributed by atoms with E-state index >= 15 is 0 Å². The van der Waals surface area contributed by atoms with Crippen LogP contribution in [0.25, 0.3) is 0 Å². The van der Waals surface area contributed by atoms with Crippen molar-refractivity contribution in [2.75, 3.05) is 6.61 Å². The highest BCUT2D eigenvalue weighted by Gasteiger charge is 2.47. The van der Waals surface area contributed by atoms with Crippen LogP contribution in [0.1, 0.15) is 39.2 Å². The molecule has 6 heteroatoms. The van der Waals surface area contributed by atoms with Crippen molar-refractivity contribution in [3.8, 4) is 0 Å². The summed E-state index contributed by atoms with van der Waals surface area (Å²) in [6.45, 7) is 6.41. The van der Waals surface area contributed by atoms with Gasteiger partial charge in [-0.15, -0.1) is 0 Å². The highest BCUT2D eigenvalue weighted by Crippen LogP contribution is 2.35. The minimum absolute atomic E-state index is 0.00962. The number of ether oxygens (including phenoxy) is 3. The monoisotopic (exact) mass is 335 g/mol. The van der Waals surface area contributed by atoms with Gasteiger partial charge >= 0.3 is 6.09 Å². The Kier molecular flexibility index (Phi) is 5.83. The van der Waals surface area contributed by atoms with Crippen molar-refractivity contribution in [1.29, 1.82) is 0 Å². The Morgan fingerprint density at radius 2 is 1.96 bits per heavy atom. The number of carbonyl (C=O) groups excluding carboxylic acids is 2. The zero-order valence-corrected chi connectivity index (χ0v) is 14.4. The number of rotatable bonds is 7. The molecule has 0 atom stereocenters. The molecule has 24 heavy (non-hydrogen) atoms. The second-order valence-corrected chi connectivity index (χ2v) is 7.14. The summed E-state index contributed by atoms with van der Waals surface area (Å²) in [6, 6.07) is 9.89. The fraction of sp³-hybridized carbons (Fsp3) is 0.556. The van der Waals surface area contributed by atoms with Gasteiger partial charge in [-0.3, -0.25) is 4.79 Å². The molecule has 1 aromatic carbocycles. The minimum atomic E-state index is -0.620. The predicted molar refractivity (Wildman–Crippen MR) is 88.4 cm³/mol. The van der Waals surface area contributed by atoms with E-state index in [1.807, 2.05) is 30.3 Å². The summed E-state index contributed by atoms with van der Waals surface area (Å²) < 4.78 is 16.0. The molecule has 2 rings (SSSR count). The molecule has 1 aliphatic carbocycles. The number of benzene rings is 1. The number of hydrogen-bond donors (Lipinski definition) is 1. The first kappa shape index (κ1) is 18.3. The summed E-state index contributed by atoms with van der Waals surface area (Å²) in [5.74, 6) is 0. The Hall–Kier alpha value is -2.08. The quantitative estimate of drug-likeness (QED) is 0.776. The molecule has 132 valence electrons. The molecule has 1 N–H and O–H groups in total. The van der Waals surface area contributed by atoms with E-state index in [4.69, 9.17) is 14.2 Å². The zero-order valence-electron chi connectivity index (χ0n) is 14.4. The highest BCUT2D eigenvalue weighted by molar-refractivity contribution is 5.69. The summed E-state index contributed by atoms with van der Waals surface area (Å²) in [4.78, 5) is 22.5. The number of nitrogens with one attached hydrogen (secondary N) is 1. The Balaban J connectivity index is 1.85. The molecule has 1 aromatic rings. The van der Waals surface area contributed by atoms with Crippen molar-refractivity contribution in [2.24, 2.45) is 0 Å². The molecular weight excluding hydrogens is 310 g/mol. The Morgan fingerprint density at radius 3 is 2.54 bits per heavy atom. The van der Waals surface area contributed by atoms with E-state index < -0.39 is 17.2 Å². The van der Waals surface area contributed by atoms with Crippen LogP contribution in [0.5, 0.6) is 0 Å². The first-order valence-electron chi connectivity index (χ1n) is 8.04. The molecule has 0 spiro atoms. The lowest BCUT2D eigenvalue weighted by Crippen LogP contribution is -2.63. The normalized spacial score (nSPS) is 23.0. The van der Waals surface area contributed by atoms with Gasteiger partial charge in [0.05, 0.1) is 18.2 Å². The number of carbonyl (C=O) groups is 2. The van der Waals surface area contributed by atoms with Gasteiger partial charge in [0.15, 0.2) is 0 Å². The van der Waals surface area contributed by atoms with E-state index in [1.165, 1.54) is 0 Å². The van der Waals surface area contributed by atoms with Gasteiger partial charge in [0.1, 0.15) is 12.2 Å². The van der Waals surface area contributed by atoms with Gasteiger partial charge in [-0.05, 0) is 26.3 Å². The molecular formula is C18H25NO5. The van der Waals surface area contributed by atoms with Gasteiger partial charge < -0.3 is 19.5 Å². The van der Waals surface area contributed by atoms with Gasteiger partial charge in [-0.25, -0.2) is 4.79 Å². The average Bonchev–Trinajstić information content (AvgIpc) is 2.47. The fourth-order valence-electron chi connectivity index (χ4n) is 2.69. The standard InChI is InChI=1S/C18H25NO5/c1-17(2,3)24-16(21)19-18(12-22-13-20)9-15(10-18)23-11-14-7-5-4-6-8-14/h4-8,13,15H,9-12H2,1-3H3,(H,19,21)/t15-,18+. The molecule has 1 amide bonds. The topological polar surface area (TPSA) is 73.9 Å². The maximum atomic E-state index is 12.0. The first-order chi connectivity index (χ1) is 11.3. The minimum Gasteiger partial charge on any atom is -0.465 e. The molecule has 0 aromatic heterocycles. The number of alkyl carbamates (subject to hydrolysis) is 1. The largest absolute Gasteiger partial charge is 0.465 e. The SMILES string of the molecule is CC(C)(C)OC(=O)N[C@]1(COC=O)C[C@H](OCc2ccccc2)C1. The molecule has 0 saturated heterocycles. The maximum absolute atomic E-state index is 12.0. The van der Waals surface area contributed by atoms with Crippen LogP contribution >= 0.6 is 0 Å². The molecule has 0 bridgehead atoms. The van der Waals surface area contributed by atoms with E-state index in [1.54, 1.807) is 20.8 Å². The van der Waals surface area contributed by atoms with Gasteiger partial charge in [0, 0.05) is 12.8 Å². The Labute approximate surface area is 142 Å². The van der Waals surface area contributed by atoms with Crippen molar-refractivity contribution in [3.05, 3.63) is 35.9 Å². The highest BCUT2D eigenvalue weighted by atomic mass is 16.6. The van der Waals surface area contributed by atoms with Crippen LogP contribution in [-0.4, -0.2) is 36.4 Å². The number of hydrogen-bond acceptors (Lipinski definition) is 5. The maximum Gasteiger partial charge on any atom is 0.408 e. The van der Waals surface area contributed by atoms with E-state index in [2.05, 4.69) is 5.32 Å². The lowest BCUT2D eigenvalue weighted by Gasteiger charge is -2.46. The van der Waals surface area contributed by atoms with Crippen LogP contribution in [0.3, 0.4) is 0 Å². The van der Waals surface area contributed by atoms with Crippen LogP contribution in [0, 0.1) is 0 Å². The molecule has 0 unspecified atom stereocenters. The van der Waals surface area contributed by atoms with Crippen LogP contribution in [0.4, 0.5) is 4.79 Å². The van der Waals surface area contributed by atoms with Crippen LogP contribution in [-0.2, 0) is 25.6 Å². The van der Waals surface area contributed by atoms with Gasteiger partial charge in [-0.2, -0.15) is 0 Å². The Morgan fingerprint density at radius 1 is 1.29 bits per heavy atom. The summed E-state index contributed by atoms with van der Waals surface area (Å²) in [5, 5.41) is 2.82. The van der Waals surface area contributed by atoms with Crippen LogP contribution in [0.15, 0.2) is 30.3 Å². The second-order valence-electron chi connectivity index (χ2n) is 7.14. The summed E-state index contributed by atoms with van der Waals surface area (Å²) in [5.41, 5.74) is -0.104. The third kappa shape index (κ3) is 5.53. The third-order valence-corrected chi connectivity index (χ3v) is 3.76. The molecule has 6 nitrogen and oxygen atoms in total. The molecule has 1 aliphatic rings. The van der Waals surface area contributed by atoms with E-state index in [0.29, 0.717) is 25.9 Å². The predicted octanol–water partition coefficient (Wildman–Crippen LogP) is 2.80. The zero-order chi connectivity index (χ0) is 17.6. The van der Waals surface area contributed by atoms with Crippen molar-refractivity contribution in [2.45, 2.75) is 57.5 Å². The lowest BCUT2D eigenvalue weighted by atomic mass is 9.74. The molecule has 0 aliphatic heterocycles. The summed E-state index contributed by atoms with van der Waals surface area (Å²) in [6.07, 6.45) is 0.647.